The van der Waals surface area contributed by atoms with E-state index in [9.17, 15) is 4.79 Å². The fraction of sp³-hybridized carbons (Fsp3) is 0.938. The SMILES string of the molecule is CCCCCCCC(C)(CCCC)C(=O)C(N)CO. The Labute approximate surface area is 119 Å². The molecule has 3 nitrogen and oxygen atoms in total. The van der Waals surface area contributed by atoms with Gasteiger partial charge in [0.2, 0.25) is 0 Å². The molecule has 0 radical (unpaired) electrons. The predicted molar refractivity (Wildman–Crippen MR) is 81.1 cm³/mol. The van der Waals surface area contributed by atoms with E-state index in [1.54, 1.807) is 0 Å². The van der Waals surface area contributed by atoms with Crippen molar-refractivity contribution < 1.29 is 9.90 Å². The van der Waals surface area contributed by atoms with E-state index in [4.69, 9.17) is 10.8 Å². The summed E-state index contributed by atoms with van der Waals surface area (Å²) in [5.74, 6) is 0.0407. The van der Waals surface area contributed by atoms with Crippen LogP contribution < -0.4 is 5.73 Å². The lowest BCUT2D eigenvalue weighted by atomic mass is 9.74. The molecule has 0 amide bonds. The summed E-state index contributed by atoms with van der Waals surface area (Å²) in [7, 11) is 0. The van der Waals surface area contributed by atoms with Gasteiger partial charge in [-0.2, -0.15) is 0 Å². The highest BCUT2D eigenvalue weighted by Crippen LogP contribution is 2.33. The Kier molecular flexibility index (Phi) is 10.2. The van der Waals surface area contributed by atoms with Gasteiger partial charge in [-0.3, -0.25) is 4.79 Å². The third kappa shape index (κ3) is 7.07. The van der Waals surface area contributed by atoms with Crippen LogP contribution in [0.15, 0.2) is 0 Å². The molecule has 0 aliphatic carbocycles. The third-order valence-electron chi connectivity index (χ3n) is 4.04. The fourth-order valence-electron chi connectivity index (χ4n) is 2.59. The minimum atomic E-state index is -0.711. The van der Waals surface area contributed by atoms with Gasteiger partial charge in [-0.1, -0.05) is 65.7 Å². The molecular formula is C16H33NO2. The number of hydrogen-bond donors (Lipinski definition) is 2. The van der Waals surface area contributed by atoms with Crippen LogP contribution in [0.2, 0.25) is 0 Å². The summed E-state index contributed by atoms with van der Waals surface area (Å²) in [6.07, 6.45) is 9.98. The van der Waals surface area contributed by atoms with Gasteiger partial charge in [0.1, 0.15) is 0 Å². The number of nitrogens with two attached hydrogens (primary N) is 1. The molecule has 0 saturated carbocycles. The van der Waals surface area contributed by atoms with E-state index < -0.39 is 6.04 Å². The van der Waals surface area contributed by atoms with Crippen LogP contribution in [-0.2, 0) is 4.79 Å². The number of Topliss-reactive ketones (excluding diaryl/α,β-unsaturated/α-hetero) is 1. The second kappa shape index (κ2) is 10.4. The van der Waals surface area contributed by atoms with Gasteiger partial charge < -0.3 is 10.8 Å². The van der Waals surface area contributed by atoms with Crippen LogP contribution in [0.4, 0.5) is 0 Å². The van der Waals surface area contributed by atoms with Crippen molar-refractivity contribution in [3.63, 3.8) is 0 Å². The molecule has 0 rings (SSSR count). The van der Waals surface area contributed by atoms with E-state index in [-0.39, 0.29) is 17.8 Å². The number of rotatable bonds is 12. The van der Waals surface area contributed by atoms with Gasteiger partial charge in [-0.25, -0.2) is 0 Å². The average Bonchev–Trinajstić information content (AvgIpc) is 2.43. The number of hydrogen-bond acceptors (Lipinski definition) is 3. The molecule has 19 heavy (non-hydrogen) atoms. The zero-order valence-corrected chi connectivity index (χ0v) is 13.1. The summed E-state index contributed by atoms with van der Waals surface area (Å²) < 4.78 is 0. The lowest BCUT2D eigenvalue weighted by molar-refractivity contribution is -0.131. The first kappa shape index (κ1) is 18.6. The maximum absolute atomic E-state index is 12.3. The van der Waals surface area contributed by atoms with Crippen LogP contribution >= 0.6 is 0 Å². The fourth-order valence-corrected chi connectivity index (χ4v) is 2.59. The van der Waals surface area contributed by atoms with Gasteiger partial charge >= 0.3 is 0 Å². The van der Waals surface area contributed by atoms with Crippen molar-refractivity contribution in [1.29, 1.82) is 0 Å². The van der Waals surface area contributed by atoms with Crippen molar-refractivity contribution in [2.45, 2.75) is 84.6 Å². The Morgan fingerprint density at radius 2 is 1.58 bits per heavy atom. The molecule has 0 saturated heterocycles. The summed E-state index contributed by atoms with van der Waals surface area (Å²) in [6.45, 7) is 6.13. The molecule has 0 heterocycles. The van der Waals surface area contributed by atoms with Gasteiger partial charge in [-0.15, -0.1) is 0 Å². The molecule has 0 bridgehead atoms. The molecule has 0 aliphatic heterocycles. The molecule has 0 fully saturated rings. The first-order valence-corrected chi connectivity index (χ1v) is 7.92. The van der Waals surface area contributed by atoms with E-state index in [0.29, 0.717) is 0 Å². The number of aliphatic hydroxyl groups excluding tert-OH is 1. The molecule has 3 heteroatoms. The minimum absolute atomic E-state index is 0.0407. The summed E-state index contributed by atoms with van der Waals surface area (Å²) in [4.78, 5) is 12.3. The average molecular weight is 271 g/mol. The highest BCUT2D eigenvalue weighted by atomic mass is 16.3. The summed E-state index contributed by atoms with van der Waals surface area (Å²) in [5, 5.41) is 9.09. The molecule has 3 N–H and O–H groups in total. The van der Waals surface area contributed by atoms with Crippen molar-refractivity contribution in [1.82, 2.24) is 0 Å². The molecule has 2 atom stereocenters. The van der Waals surface area contributed by atoms with Crippen molar-refractivity contribution >= 4 is 5.78 Å². The topological polar surface area (TPSA) is 63.3 Å². The molecule has 114 valence electrons. The van der Waals surface area contributed by atoms with Crippen LogP contribution in [0.25, 0.3) is 0 Å². The molecule has 0 aliphatic rings. The lowest BCUT2D eigenvalue weighted by Crippen LogP contribution is -2.44. The van der Waals surface area contributed by atoms with Crippen LogP contribution in [0, 0.1) is 5.41 Å². The van der Waals surface area contributed by atoms with Crippen molar-refractivity contribution in [3.8, 4) is 0 Å². The normalized spacial score (nSPS) is 16.1. The van der Waals surface area contributed by atoms with Gasteiger partial charge in [0.25, 0.3) is 0 Å². The van der Waals surface area contributed by atoms with Crippen LogP contribution in [0.5, 0.6) is 0 Å². The number of carbonyl (C=O) groups is 1. The van der Waals surface area contributed by atoms with Crippen LogP contribution in [-0.4, -0.2) is 23.5 Å². The van der Waals surface area contributed by atoms with Gasteiger partial charge in [0.05, 0.1) is 12.6 Å². The van der Waals surface area contributed by atoms with Gasteiger partial charge in [-0.05, 0) is 12.8 Å². The number of unbranched alkanes of at least 4 members (excludes halogenated alkanes) is 5. The monoisotopic (exact) mass is 271 g/mol. The molecule has 0 aromatic heterocycles. The Morgan fingerprint density at radius 3 is 2.11 bits per heavy atom. The third-order valence-corrected chi connectivity index (χ3v) is 4.04. The zero-order chi connectivity index (χ0) is 14.7. The maximum Gasteiger partial charge on any atom is 0.157 e. The van der Waals surface area contributed by atoms with Crippen LogP contribution in [0.3, 0.4) is 0 Å². The molecule has 2 unspecified atom stereocenters. The number of carbonyl (C=O) groups excluding carboxylic acids is 1. The number of aliphatic hydroxyl groups is 1. The van der Waals surface area contributed by atoms with Gasteiger partial charge in [0.15, 0.2) is 5.78 Å². The van der Waals surface area contributed by atoms with E-state index in [0.717, 1.165) is 32.1 Å². The quantitative estimate of drug-likeness (QED) is 0.534. The van der Waals surface area contributed by atoms with E-state index in [2.05, 4.69) is 13.8 Å². The zero-order valence-electron chi connectivity index (χ0n) is 13.1. The number of ketones is 1. The first-order valence-electron chi connectivity index (χ1n) is 7.92. The van der Waals surface area contributed by atoms with Crippen LogP contribution in [0.1, 0.15) is 78.6 Å². The van der Waals surface area contributed by atoms with E-state index in [1.807, 2.05) is 6.92 Å². The maximum atomic E-state index is 12.3. The predicted octanol–water partition coefficient (Wildman–Crippen LogP) is 3.43. The Balaban J connectivity index is 4.37. The first-order chi connectivity index (χ1) is 9.01. The summed E-state index contributed by atoms with van der Waals surface area (Å²) in [6, 6.07) is -0.711. The standard InChI is InChI=1S/C16H33NO2/c1-4-6-8-9-10-12-16(3,11-7-5-2)15(19)14(17)13-18/h14,18H,4-13,17H2,1-3H3. The summed E-state index contributed by atoms with van der Waals surface area (Å²) >= 11 is 0. The highest BCUT2D eigenvalue weighted by molar-refractivity contribution is 5.89. The molecule has 0 aromatic carbocycles. The smallest absolute Gasteiger partial charge is 0.157 e. The Bertz CT molecular complexity index is 243. The van der Waals surface area contributed by atoms with Crippen molar-refractivity contribution in [2.75, 3.05) is 6.61 Å². The van der Waals surface area contributed by atoms with Gasteiger partial charge in [0, 0.05) is 5.41 Å². The van der Waals surface area contributed by atoms with E-state index in [1.165, 1.54) is 25.7 Å². The Hall–Kier alpha value is -0.410. The van der Waals surface area contributed by atoms with Crippen molar-refractivity contribution in [3.05, 3.63) is 0 Å². The highest BCUT2D eigenvalue weighted by Gasteiger charge is 2.34. The lowest BCUT2D eigenvalue weighted by Gasteiger charge is -2.30. The Morgan fingerprint density at radius 1 is 1.05 bits per heavy atom. The minimum Gasteiger partial charge on any atom is -0.394 e. The second-order valence-electron chi connectivity index (χ2n) is 5.98. The largest absolute Gasteiger partial charge is 0.394 e. The molecular weight excluding hydrogens is 238 g/mol. The molecule has 0 aromatic rings. The second-order valence-corrected chi connectivity index (χ2v) is 5.98. The van der Waals surface area contributed by atoms with E-state index >= 15 is 0 Å². The summed E-state index contributed by atoms with van der Waals surface area (Å²) in [5.41, 5.74) is 5.38. The molecule has 0 spiro atoms. The van der Waals surface area contributed by atoms with Crippen molar-refractivity contribution in [2.24, 2.45) is 11.1 Å².